The van der Waals surface area contributed by atoms with Gasteiger partial charge in [0, 0.05) is 16.7 Å². The van der Waals surface area contributed by atoms with Gasteiger partial charge in [0.15, 0.2) is 0 Å². The number of hydrogen-bond acceptors (Lipinski definition) is 4. The molecular formula is C18H21NO3S. The Hall–Kier alpha value is -1.75. The number of carbonyl (C=O) groups is 2. The van der Waals surface area contributed by atoms with Crippen molar-refractivity contribution < 1.29 is 14.3 Å². The molecule has 1 aliphatic carbocycles. The normalized spacial score (nSPS) is 23.3. The zero-order chi connectivity index (χ0) is 16.2. The first-order valence-corrected chi connectivity index (χ1v) is 9.03. The van der Waals surface area contributed by atoms with Crippen molar-refractivity contribution in [2.24, 2.45) is 5.92 Å². The predicted octanol–water partition coefficient (Wildman–Crippen LogP) is 3.50. The van der Waals surface area contributed by atoms with E-state index in [1.807, 2.05) is 18.2 Å². The molecule has 3 rings (SSSR count). The summed E-state index contributed by atoms with van der Waals surface area (Å²) < 4.78 is 5.23. The Kier molecular flexibility index (Phi) is 5.06. The number of ether oxygens (including phenoxy) is 1. The highest BCUT2D eigenvalue weighted by atomic mass is 32.2. The van der Waals surface area contributed by atoms with Crippen molar-refractivity contribution in [2.75, 3.05) is 6.61 Å². The summed E-state index contributed by atoms with van der Waals surface area (Å²) in [7, 11) is 0. The van der Waals surface area contributed by atoms with Crippen molar-refractivity contribution in [3.63, 3.8) is 0 Å². The van der Waals surface area contributed by atoms with Crippen LogP contribution in [-0.4, -0.2) is 23.7 Å². The van der Waals surface area contributed by atoms with E-state index in [4.69, 9.17) is 4.74 Å². The van der Waals surface area contributed by atoms with Gasteiger partial charge in [-0.1, -0.05) is 31.0 Å². The van der Waals surface area contributed by atoms with Gasteiger partial charge >= 0.3 is 5.97 Å². The molecule has 0 saturated heterocycles. The first kappa shape index (κ1) is 16.1. The van der Waals surface area contributed by atoms with Gasteiger partial charge in [0.1, 0.15) is 0 Å². The van der Waals surface area contributed by atoms with Crippen molar-refractivity contribution in [3.05, 3.63) is 46.5 Å². The number of hydrogen-bond donors (Lipinski definition) is 1. The van der Waals surface area contributed by atoms with Crippen molar-refractivity contribution in [3.8, 4) is 0 Å². The molecule has 1 aliphatic heterocycles. The van der Waals surface area contributed by atoms with Gasteiger partial charge in [0.25, 0.3) is 5.91 Å². The number of fused-ring (bicyclic) bond motifs is 1. The van der Waals surface area contributed by atoms with Crippen molar-refractivity contribution >= 4 is 23.6 Å². The Morgan fingerprint density at radius 2 is 1.96 bits per heavy atom. The molecule has 4 nitrogen and oxygen atoms in total. The fourth-order valence-electron chi connectivity index (χ4n) is 3.27. The van der Waals surface area contributed by atoms with E-state index in [1.54, 1.807) is 30.8 Å². The molecule has 1 N–H and O–H groups in total. The summed E-state index contributed by atoms with van der Waals surface area (Å²) in [5.74, 6) is -0.245. The molecular weight excluding hydrogens is 310 g/mol. The molecule has 1 fully saturated rings. The molecule has 0 aromatic heterocycles. The molecule has 23 heavy (non-hydrogen) atoms. The van der Waals surface area contributed by atoms with Crippen LogP contribution >= 0.6 is 11.8 Å². The number of carbonyl (C=O) groups excluding carboxylic acids is 2. The SMILES string of the molecule is CCOC(=O)C1=C(NC(=O)c2ccccc2)S[C@H]2CCCC[C@@H]12. The van der Waals surface area contributed by atoms with E-state index in [0.717, 1.165) is 19.3 Å². The number of nitrogens with one attached hydrogen (secondary N) is 1. The Morgan fingerprint density at radius 1 is 1.22 bits per heavy atom. The highest BCUT2D eigenvalue weighted by molar-refractivity contribution is 8.04. The van der Waals surface area contributed by atoms with Gasteiger partial charge in [-0.05, 0) is 31.9 Å². The molecule has 1 aromatic rings. The van der Waals surface area contributed by atoms with E-state index in [1.165, 1.54) is 6.42 Å². The standard InChI is InChI=1S/C18H21NO3S/c1-2-22-18(21)15-13-10-6-7-11-14(13)23-17(15)19-16(20)12-8-4-3-5-9-12/h3-5,8-9,13-14H,2,6-7,10-11H2,1H3,(H,19,20)/t13-,14+/m1/s1. The van der Waals surface area contributed by atoms with Crippen molar-refractivity contribution in [1.29, 1.82) is 0 Å². The van der Waals surface area contributed by atoms with Gasteiger partial charge in [-0.25, -0.2) is 4.79 Å². The summed E-state index contributed by atoms with van der Waals surface area (Å²) in [6.07, 6.45) is 4.40. The third-order valence-electron chi connectivity index (χ3n) is 4.35. The topological polar surface area (TPSA) is 55.4 Å². The fourth-order valence-corrected chi connectivity index (χ4v) is 4.80. The average Bonchev–Trinajstić information content (AvgIpc) is 2.93. The summed E-state index contributed by atoms with van der Waals surface area (Å²) in [6, 6.07) is 9.08. The van der Waals surface area contributed by atoms with Crippen molar-refractivity contribution in [1.82, 2.24) is 5.32 Å². The highest BCUT2D eigenvalue weighted by Gasteiger charge is 2.41. The smallest absolute Gasteiger partial charge is 0.336 e. The monoisotopic (exact) mass is 331 g/mol. The van der Waals surface area contributed by atoms with E-state index >= 15 is 0 Å². The molecule has 5 heteroatoms. The molecule has 122 valence electrons. The van der Waals surface area contributed by atoms with Gasteiger partial charge in [-0.3, -0.25) is 4.79 Å². The lowest BCUT2D eigenvalue weighted by Crippen LogP contribution is -2.26. The second kappa shape index (κ2) is 7.21. The fraction of sp³-hybridized carbons (Fsp3) is 0.444. The lowest BCUT2D eigenvalue weighted by atomic mass is 9.84. The van der Waals surface area contributed by atoms with Crippen LogP contribution in [0, 0.1) is 5.92 Å². The Balaban J connectivity index is 1.84. The predicted molar refractivity (Wildman–Crippen MR) is 90.9 cm³/mol. The minimum absolute atomic E-state index is 0.173. The summed E-state index contributed by atoms with van der Waals surface area (Å²) >= 11 is 1.63. The maximum Gasteiger partial charge on any atom is 0.336 e. The second-order valence-electron chi connectivity index (χ2n) is 5.83. The first-order valence-electron chi connectivity index (χ1n) is 8.15. The number of rotatable bonds is 4. The Morgan fingerprint density at radius 3 is 2.70 bits per heavy atom. The molecule has 1 amide bonds. The zero-order valence-electron chi connectivity index (χ0n) is 13.2. The first-order chi connectivity index (χ1) is 11.2. The van der Waals surface area contributed by atoms with Gasteiger partial charge in [-0.15, -0.1) is 11.8 Å². The Labute approximate surface area is 140 Å². The number of benzene rings is 1. The molecule has 0 radical (unpaired) electrons. The summed E-state index contributed by atoms with van der Waals surface area (Å²) in [6.45, 7) is 2.16. The maximum absolute atomic E-state index is 12.4. The van der Waals surface area contributed by atoms with Gasteiger partial charge in [0.2, 0.25) is 0 Å². The minimum atomic E-state index is -0.280. The zero-order valence-corrected chi connectivity index (χ0v) is 14.0. The summed E-state index contributed by atoms with van der Waals surface area (Å²) in [5.41, 5.74) is 1.27. The minimum Gasteiger partial charge on any atom is -0.463 e. The van der Waals surface area contributed by atoms with Crippen LogP contribution in [0.5, 0.6) is 0 Å². The van der Waals surface area contributed by atoms with E-state index in [9.17, 15) is 9.59 Å². The number of thioether (sulfide) groups is 1. The molecule has 0 unspecified atom stereocenters. The van der Waals surface area contributed by atoms with E-state index in [0.29, 0.717) is 28.0 Å². The molecule has 2 atom stereocenters. The van der Waals surface area contributed by atoms with E-state index < -0.39 is 0 Å². The van der Waals surface area contributed by atoms with Crippen molar-refractivity contribution in [2.45, 2.75) is 37.9 Å². The van der Waals surface area contributed by atoms with Gasteiger partial charge in [-0.2, -0.15) is 0 Å². The maximum atomic E-state index is 12.4. The number of amides is 1. The van der Waals surface area contributed by atoms with Crippen LogP contribution in [0.25, 0.3) is 0 Å². The molecule has 0 spiro atoms. The van der Waals surface area contributed by atoms with E-state index in [2.05, 4.69) is 5.32 Å². The molecule has 1 saturated carbocycles. The van der Waals surface area contributed by atoms with E-state index in [-0.39, 0.29) is 17.8 Å². The third-order valence-corrected chi connectivity index (χ3v) is 5.77. The summed E-state index contributed by atoms with van der Waals surface area (Å²) in [4.78, 5) is 24.8. The molecule has 2 aliphatic rings. The van der Waals surface area contributed by atoms with Crippen LogP contribution in [0.3, 0.4) is 0 Å². The molecule has 1 aromatic carbocycles. The average molecular weight is 331 g/mol. The second-order valence-corrected chi connectivity index (χ2v) is 7.08. The van der Waals surface area contributed by atoms with Crippen LogP contribution < -0.4 is 5.32 Å². The van der Waals surface area contributed by atoms with Crippen LogP contribution in [0.4, 0.5) is 0 Å². The largest absolute Gasteiger partial charge is 0.463 e. The molecule has 0 bridgehead atoms. The van der Waals surface area contributed by atoms with Gasteiger partial charge < -0.3 is 10.1 Å². The van der Waals surface area contributed by atoms with Crippen LogP contribution in [0.1, 0.15) is 43.0 Å². The highest BCUT2D eigenvalue weighted by Crippen LogP contribution is 2.48. The third kappa shape index (κ3) is 3.44. The van der Waals surface area contributed by atoms with Crippen LogP contribution in [0.2, 0.25) is 0 Å². The lowest BCUT2D eigenvalue weighted by Gasteiger charge is -2.25. The lowest BCUT2D eigenvalue weighted by molar-refractivity contribution is -0.139. The van der Waals surface area contributed by atoms with Crippen LogP contribution in [-0.2, 0) is 9.53 Å². The quantitative estimate of drug-likeness (QED) is 0.858. The molecule has 1 heterocycles. The Bertz CT molecular complexity index is 626. The van der Waals surface area contributed by atoms with Gasteiger partial charge in [0.05, 0.1) is 17.2 Å². The number of esters is 1. The summed E-state index contributed by atoms with van der Waals surface area (Å²) in [5, 5.41) is 4.02. The van der Waals surface area contributed by atoms with Crippen LogP contribution in [0.15, 0.2) is 40.9 Å².